The lowest BCUT2D eigenvalue weighted by Gasteiger charge is -2.57. The molecule has 0 heterocycles. The highest BCUT2D eigenvalue weighted by Crippen LogP contribution is 2.66. The van der Waals surface area contributed by atoms with Gasteiger partial charge in [-0.05, 0) is 98.2 Å². The van der Waals surface area contributed by atoms with Crippen molar-refractivity contribution in [1.82, 2.24) is 0 Å². The second kappa shape index (κ2) is 8.86. The molecule has 0 saturated heterocycles. The van der Waals surface area contributed by atoms with Crippen LogP contribution in [0.5, 0.6) is 0 Å². The van der Waals surface area contributed by atoms with E-state index in [9.17, 15) is 4.79 Å². The third-order valence-corrected chi connectivity index (χ3v) is 10.5. The van der Waals surface area contributed by atoms with Crippen LogP contribution < -0.4 is 0 Å². The second-order valence-corrected chi connectivity index (χ2v) is 12.7. The zero-order chi connectivity index (χ0) is 22.4. The molecule has 0 amide bonds. The van der Waals surface area contributed by atoms with Crippen molar-refractivity contribution in [1.29, 1.82) is 0 Å². The first-order valence-electron chi connectivity index (χ1n) is 13.5. The smallest absolute Gasteiger partial charge is 0.302 e. The van der Waals surface area contributed by atoms with Gasteiger partial charge in [0.2, 0.25) is 0 Å². The van der Waals surface area contributed by atoms with Crippen LogP contribution in [0.3, 0.4) is 0 Å². The minimum absolute atomic E-state index is 0.0971. The Morgan fingerprint density at radius 3 is 2.52 bits per heavy atom. The van der Waals surface area contributed by atoms with Crippen molar-refractivity contribution in [3.8, 4) is 0 Å². The molecule has 2 heteroatoms. The molecular weight excluding hydrogens is 380 g/mol. The summed E-state index contributed by atoms with van der Waals surface area (Å²) in [6.45, 7) is 14.1. The van der Waals surface area contributed by atoms with E-state index < -0.39 is 0 Å². The molecule has 0 spiro atoms. The average Bonchev–Trinajstić information content (AvgIpc) is 3.05. The van der Waals surface area contributed by atoms with Crippen molar-refractivity contribution >= 4 is 5.97 Å². The monoisotopic (exact) mass is 428 g/mol. The predicted octanol–water partition coefficient (Wildman–Crippen LogP) is 8.10. The zero-order valence-corrected chi connectivity index (χ0v) is 21.3. The number of esters is 1. The van der Waals surface area contributed by atoms with Gasteiger partial charge in [0.05, 0.1) is 0 Å². The maximum absolute atomic E-state index is 11.5. The number of rotatable bonds is 6. The fourth-order valence-corrected chi connectivity index (χ4v) is 8.79. The highest BCUT2D eigenvalue weighted by molar-refractivity contribution is 5.66. The first kappa shape index (κ1) is 23.4. The molecule has 176 valence electrons. The van der Waals surface area contributed by atoms with E-state index in [1.165, 1.54) is 64.2 Å². The summed E-state index contributed by atoms with van der Waals surface area (Å²) in [5.41, 5.74) is 4.71. The zero-order valence-electron chi connectivity index (χ0n) is 21.3. The van der Waals surface area contributed by atoms with Crippen LogP contribution in [0.4, 0.5) is 0 Å². The van der Waals surface area contributed by atoms with E-state index in [0.29, 0.717) is 10.8 Å². The molecule has 0 radical (unpaired) electrons. The van der Waals surface area contributed by atoms with Crippen molar-refractivity contribution in [2.75, 3.05) is 0 Å². The summed E-state index contributed by atoms with van der Waals surface area (Å²) in [4.78, 5) is 11.5. The van der Waals surface area contributed by atoms with Crippen LogP contribution >= 0.6 is 0 Å². The Balaban J connectivity index is 1.50. The summed E-state index contributed by atoms with van der Waals surface area (Å²) in [7, 11) is 0. The van der Waals surface area contributed by atoms with E-state index >= 15 is 0 Å². The summed E-state index contributed by atoms with van der Waals surface area (Å²) in [6, 6.07) is 0. The number of allylic oxidation sites excluding steroid dienone is 2. The molecule has 0 aromatic rings. The quantitative estimate of drug-likeness (QED) is 0.315. The maximum atomic E-state index is 11.5. The molecule has 0 bridgehead atoms. The third-order valence-electron chi connectivity index (χ3n) is 10.5. The van der Waals surface area contributed by atoms with Crippen molar-refractivity contribution < 1.29 is 9.53 Å². The van der Waals surface area contributed by atoms with Crippen LogP contribution in [-0.2, 0) is 9.53 Å². The first-order valence-corrected chi connectivity index (χ1v) is 13.5. The Kier molecular flexibility index (Phi) is 6.68. The fraction of sp³-hybridized carbons (Fsp3) is 0.897. The van der Waals surface area contributed by atoms with Crippen LogP contribution in [0.1, 0.15) is 119 Å². The summed E-state index contributed by atoms with van der Waals surface area (Å²) in [6.07, 6.45) is 16.0. The number of hydrogen-bond donors (Lipinski definition) is 0. The molecule has 0 aromatic heterocycles. The van der Waals surface area contributed by atoms with E-state index in [2.05, 4.69) is 34.6 Å². The largest absolute Gasteiger partial charge is 0.463 e. The van der Waals surface area contributed by atoms with Crippen LogP contribution in [0.15, 0.2) is 11.1 Å². The number of hydrogen-bond acceptors (Lipinski definition) is 2. The lowest BCUT2D eigenvalue weighted by molar-refractivity contribution is -0.152. The van der Waals surface area contributed by atoms with Gasteiger partial charge in [0, 0.05) is 6.92 Å². The van der Waals surface area contributed by atoms with E-state index in [4.69, 9.17) is 4.74 Å². The molecule has 4 aliphatic carbocycles. The van der Waals surface area contributed by atoms with Crippen LogP contribution in [0.2, 0.25) is 0 Å². The van der Waals surface area contributed by atoms with Gasteiger partial charge in [-0.25, -0.2) is 0 Å². The number of ether oxygens (including phenoxy) is 1. The van der Waals surface area contributed by atoms with Gasteiger partial charge < -0.3 is 4.74 Å². The number of carbonyl (C=O) groups is 1. The molecule has 2 nitrogen and oxygen atoms in total. The Bertz CT molecular complexity index is 706. The Morgan fingerprint density at radius 2 is 1.81 bits per heavy atom. The fourth-order valence-electron chi connectivity index (χ4n) is 8.79. The number of carbonyl (C=O) groups excluding carboxylic acids is 1. The summed E-state index contributed by atoms with van der Waals surface area (Å²) < 4.78 is 5.64. The number of fused-ring (bicyclic) bond motifs is 4. The van der Waals surface area contributed by atoms with Crippen LogP contribution in [0, 0.1) is 40.4 Å². The van der Waals surface area contributed by atoms with Gasteiger partial charge in [0.1, 0.15) is 6.10 Å². The minimum Gasteiger partial charge on any atom is -0.463 e. The van der Waals surface area contributed by atoms with Gasteiger partial charge in [-0.1, -0.05) is 65.0 Å². The average molecular weight is 429 g/mol. The molecule has 31 heavy (non-hydrogen) atoms. The Morgan fingerprint density at radius 1 is 1.03 bits per heavy atom. The maximum Gasteiger partial charge on any atom is 0.302 e. The molecule has 4 aliphatic rings. The van der Waals surface area contributed by atoms with Gasteiger partial charge >= 0.3 is 5.97 Å². The second-order valence-electron chi connectivity index (χ2n) is 12.7. The van der Waals surface area contributed by atoms with Crippen molar-refractivity contribution in [2.24, 2.45) is 40.4 Å². The van der Waals surface area contributed by atoms with Crippen LogP contribution in [0.25, 0.3) is 0 Å². The molecule has 1 unspecified atom stereocenters. The van der Waals surface area contributed by atoms with Gasteiger partial charge in [0.15, 0.2) is 0 Å². The normalized spacial score (nSPS) is 40.9. The van der Waals surface area contributed by atoms with Gasteiger partial charge in [-0.15, -0.1) is 0 Å². The molecule has 0 N–H and O–H groups in total. The van der Waals surface area contributed by atoms with Gasteiger partial charge in [0.25, 0.3) is 0 Å². The lowest BCUT2D eigenvalue weighted by atomic mass is 9.49. The highest BCUT2D eigenvalue weighted by atomic mass is 16.5. The van der Waals surface area contributed by atoms with E-state index in [0.717, 1.165) is 42.4 Å². The van der Waals surface area contributed by atoms with Crippen molar-refractivity contribution in [3.63, 3.8) is 0 Å². The van der Waals surface area contributed by atoms with Crippen LogP contribution in [-0.4, -0.2) is 12.1 Å². The van der Waals surface area contributed by atoms with E-state index in [-0.39, 0.29) is 12.1 Å². The standard InChI is InChI=1S/C29H48O2/c1-19(2)8-7-9-20(3)25-12-13-26-24-11-10-22-18-23(31-21(4)30)14-16-28(22,5)27(24)15-17-29(25,26)6/h19-20,22-23,25,27H,7-18H2,1-6H3/t20-,22?,23+,25-,27+,28+,29-/m1/s1. The van der Waals surface area contributed by atoms with E-state index in [1.54, 1.807) is 6.92 Å². The molecule has 4 rings (SSSR count). The first-order chi connectivity index (χ1) is 14.6. The summed E-state index contributed by atoms with van der Waals surface area (Å²) in [5, 5.41) is 0. The Hall–Kier alpha value is -0.790. The molecule has 7 atom stereocenters. The summed E-state index contributed by atoms with van der Waals surface area (Å²) in [5.74, 6) is 4.03. The predicted molar refractivity (Wildman–Crippen MR) is 129 cm³/mol. The summed E-state index contributed by atoms with van der Waals surface area (Å²) >= 11 is 0. The minimum atomic E-state index is -0.0971. The molecule has 0 aromatic carbocycles. The van der Waals surface area contributed by atoms with E-state index in [1.807, 2.05) is 11.1 Å². The van der Waals surface area contributed by atoms with Crippen molar-refractivity contribution in [2.45, 2.75) is 125 Å². The molecule has 3 saturated carbocycles. The van der Waals surface area contributed by atoms with Gasteiger partial charge in [-0.3, -0.25) is 4.79 Å². The molecule has 3 fully saturated rings. The van der Waals surface area contributed by atoms with Gasteiger partial charge in [-0.2, -0.15) is 0 Å². The Labute approximate surface area is 192 Å². The third kappa shape index (κ3) is 4.26. The van der Waals surface area contributed by atoms with Crippen molar-refractivity contribution in [3.05, 3.63) is 11.1 Å². The topological polar surface area (TPSA) is 26.3 Å². The molecular formula is C29H48O2. The highest BCUT2D eigenvalue weighted by Gasteiger charge is 2.55. The SMILES string of the molecule is CC(=O)O[C@H]1CC[C@@]2(C)C(CCC3=C4CC[C@H]([C@H](C)CCCC(C)C)[C@@]4(C)CC[C@@H]32)C1. The molecule has 0 aliphatic heterocycles. The lowest BCUT2D eigenvalue weighted by Crippen LogP contribution is -2.48.